The molecule has 1 fully saturated rings. The summed E-state index contributed by atoms with van der Waals surface area (Å²) in [7, 11) is -2.29. The van der Waals surface area contributed by atoms with Crippen LogP contribution in [0.4, 0.5) is 5.13 Å². The molecule has 0 saturated carbocycles. The lowest BCUT2D eigenvalue weighted by Gasteiger charge is -2.26. The normalized spacial score (nSPS) is 16.9. The molecule has 8 nitrogen and oxygen atoms in total. The smallest absolute Gasteiger partial charge is 0.264 e. The number of thiazole rings is 1. The summed E-state index contributed by atoms with van der Waals surface area (Å²) in [6.07, 6.45) is 5.75. The summed E-state index contributed by atoms with van der Waals surface area (Å²) in [5, 5.41) is 0.602. The van der Waals surface area contributed by atoms with Crippen LogP contribution < -0.4 is 9.64 Å². The van der Waals surface area contributed by atoms with E-state index in [1.807, 2.05) is 0 Å². The predicted molar refractivity (Wildman–Crippen MR) is 123 cm³/mol. The zero-order valence-electron chi connectivity index (χ0n) is 18.1. The van der Waals surface area contributed by atoms with Crippen LogP contribution in [0.15, 0.2) is 35.7 Å². The van der Waals surface area contributed by atoms with Crippen LogP contribution in [0.2, 0.25) is 0 Å². The third-order valence-corrected chi connectivity index (χ3v) is 8.71. The minimum absolute atomic E-state index is 0.0561. The zero-order valence-corrected chi connectivity index (χ0v) is 19.7. The minimum Gasteiger partial charge on any atom is -0.496 e. The monoisotopic (exact) mass is 477 g/mol. The molecule has 1 aromatic carbocycles. The highest BCUT2D eigenvalue weighted by Crippen LogP contribution is 2.34. The van der Waals surface area contributed by atoms with Crippen molar-refractivity contribution in [2.75, 3.05) is 44.9 Å². The highest BCUT2D eigenvalue weighted by molar-refractivity contribution is 7.89. The molecule has 0 unspecified atom stereocenters. The fourth-order valence-electron chi connectivity index (χ4n) is 3.93. The summed E-state index contributed by atoms with van der Waals surface area (Å²) >= 11 is 1.52. The molecule has 2 heterocycles. The van der Waals surface area contributed by atoms with Crippen molar-refractivity contribution in [3.05, 3.63) is 47.0 Å². The molecule has 2 aromatic rings. The van der Waals surface area contributed by atoms with Crippen molar-refractivity contribution in [3.8, 4) is 5.75 Å². The molecule has 2 aliphatic rings. The number of sulfonamides is 1. The first-order valence-electron chi connectivity index (χ1n) is 10.6. The van der Waals surface area contributed by atoms with Crippen molar-refractivity contribution < 1.29 is 22.7 Å². The van der Waals surface area contributed by atoms with Gasteiger partial charge in [0.15, 0.2) is 5.13 Å². The summed E-state index contributed by atoms with van der Waals surface area (Å²) in [4.78, 5) is 21.1. The predicted octanol–water partition coefficient (Wildman–Crippen LogP) is 2.88. The molecule has 32 heavy (non-hydrogen) atoms. The van der Waals surface area contributed by atoms with Crippen molar-refractivity contribution in [3.63, 3.8) is 0 Å². The number of carbonyl (C=O) groups excluding carboxylic acids is 1. The van der Waals surface area contributed by atoms with E-state index in [1.165, 1.54) is 45.8 Å². The number of morpholine rings is 1. The second-order valence-electron chi connectivity index (χ2n) is 7.66. The average Bonchev–Trinajstić information content (AvgIpc) is 3.26. The zero-order chi connectivity index (χ0) is 22.7. The standard InChI is InChI=1S/C22H27N3O5S2/c1-3-10-25(22-23-18-6-4-5-7-20(18)31-22)21(26)17-15-16(8-9-19(17)29-2)32(27,28)24-11-13-30-14-12-24/h3,8-9,15H,1,4-7,10-14H2,2H3. The molecule has 1 amide bonds. The van der Waals surface area contributed by atoms with Crippen molar-refractivity contribution in [2.24, 2.45) is 0 Å². The van der Waals surface area contributed by atoms with Gasteiger partial charge in [0.2, 0.25) is 10.0 Å². The Morgan fingerprint density at radius 1 is 1.31 bits per heavy atom. The molecular weight excluding hydrogens is 450 g/mol. The number of hydrogen-bond donors (Lipinski definition) is 0. The Labute approximate surface area is 192 Å². The number of fused-ring (bicyclic) bond motifs is 1. The largest absolute Gasteiger partial charge is 0.496 e. The molecular formula is C22H27N3O5S2. The first-order chi connectivity index (χ1) is 15.5. The lowest BCUT2D eigenvalue weighted by molar-refractivity contribution is 0.0730. The summed E-state index contributed by atoms with van der Waals surface area (Å²) in [5.74, 6) is -0.0572. The molecule has 0 radical (unpaired) electrons. The van der Waals surface area contributed by atoms with Gasteiger partial charge < -0.3 is 9.47 Å². The third kappa shape index (κ3) is 4.45. The Bertz CT molecular complexity index is 1080. The molecule has 4 rings (SSSR count). The van der Waals surface area contributed by atoms with E-state index in [-0.39, 0.29) is 36.0 Å². The van der Waals surface area contributed by atoms with Gasteiger partial charge in [0.05, 0.1) is 36.5 Å². The first-order valence-corrected chi connectivity index (χ1v) is 12.9. The van der Waals surface area contributed by atoms with Crippen LogP contribution in [0.5, 0.6) is 5.75 Å². The number of anilines is 1. The number of benzene rings is 1. The Morgan fingerprint density at radius 3 is 2.75 bits per heavy atom. The minimum atomic E-state index is -3.75. The van der Waals surface area contributed by atoms with Crippen molar-refractivity contribution >= 4 is 32.4 Å². The number of hydrogen-bond acceptors (Lipinski definition) is 7. The lowest BCUT2D eigenvalue weighted by Crippen LogP contribution is -2.40. The number of carbonyl (C=O) groups is 1. The fraction of sp³-hybridized carbons (Fsp3) is 0.455. The topological polar surface area (TPSA) is 89.0 Å². The fourth-order valence-corrected chi connectivity index (χ4v) is 6.52. The van der Waals surface area contributed by atoms with Gasteiger partial charge in [0.1, 0.15) is 5.75 Å². The van der Waals surface area contributed by atoms with Crippen molar-refractivity contribution in [1.29, 1.82) is 0 Å². The van der Waals surface area contributed by atoms with E-state index in [4.69, 9.17) is 14.5 Å². The van der Waals surface area contributed by atoms with Gasteiger partial charge in [-0.2, -0.15) is 4.31 Å². The first kappa shape index (κ1) is 22.9. The summed E-state index contributed by atoms with van der Waals surface area (Å²) in [6, 6.07) is 4.40. The van der Waals surface area contributed by atoms with E-state index in [0.717, 1.165) is 31.4 Å². The van der Waals surface area contributed by atoms with Gasteiger partial charge >= 0.3 is 0 Å². The average molecular weight is 478 g/mol. The van der Waals surface area contributed by atoms with Gasteiger partial charge in [-0.25, -0.2) is 13.4 Å². The molecule has 172 valence electrons. The second-order valence-corrected chi connectivity index (χ2v) is 10.7. The summed E-state index contributed by atoms with van der Waals surface area (Å²) in [5.41, 5.74) is 1.23. The number of ether oxygens (including phenoxy) is 2. The molecule has 10 heteroatoms. The van der Waals surface area contributed by atoms with Crippen molar-refractivity contribution in [2.45, 2.75) is 30.6 Å². The van der Waals surface area contributed by atoms with Crippen LogP contribution >= 0.6 is 11.3 Å². The summed E-state index contributed by atoms with van der Waals surface area (Å²) < 4.78 is 38.3. The van der Waals surface area contributed by atoms with Crippen LogP contribution in [0.3, 0.4) is 0 Å². The molecule has 0 N–H and O–H groups in total. The summed E-state index contributed by atoms with van der Waals surface area (Å²) in [6.45, 7) is 5.31. The molecule has 0 spiro atoms. The van der Waals surface area contributed by atoms with Crippen LogP contribution in [0, 0.1) is 0 Å². The Hall–Kier alpha value is -2.27. The van der Waals surface area contributed by atoms with E-state index in [2.05, 4.69) is 6.58 Å². The molecule has 1 saturated heterocycles. The van der Waals surface area contributed by atoms with E-state index >= 15 is 0 Å². The number of aryl methyl sites for hydroxylation is 2. The van der Waals surface area contributed by atoms with Crippen LogP contribution in [0.1, 0.15) is 33.8 Å². The number of rotatable bonds is 7. The Kier molecular flexibility index (Phi) is 6.94. The van der Waals surface area contributed by atoms with E-state index in [1.54, 1.807) is 11.0 Å². The van der Waals surface area contributed by atoms with Gasteiger partial charge in [0, 0.05) is 24.5 Å². The number of methoxy groups -OCH3 is 1. The van der Waals surface area contributed by atoms with Gasteiger partial charge in [0.25, 0.3) is 5.91 Å². The Balaban J connectivity index is 1.71. The molecule has 1 aliphatic carbocycles. The molecule has 0 atom stereocenters. The SMILES string of the molecule is C=CCN(C(=O)c1cc(S(=O)(=O)N2CCOCC2)ccc1OC)c1nc2c(s1)CCCC2. The highest BCUT2D eigenvalue weighted by Gasteiger charge is 2.30. The van der Waals surface area contributed by atoms with Gasteiger partial charge in [-0.15, -0.1) is 17.9 Å². The quantitative estimate of drug-likeness (QED) is 0.570. The van der Waals surface area contributed by atoms with Crippen LogP contribution in [-0.4, -0.2) is 63.6 Å². The van der Waals surface area contributed by atoms with Crippen molar-refractivity contribution in [1.82, 2.24) is 9.29 Å². The number of amides is 1. The third-order valence-electron chi connectivity index (χ3n) is 5.63. The van der Waals surface area contributed by atoms with Gasteiger partial charge in [-0.1, -0.05) is 6.08 Å². The maximum absolute atomic E-state index is 13.6. The van der Waals surface area contributed by atoms with E-state index in [0.29, 0.717) is 24.1 Å². The molecule has 0 bridgehead atoms. The van der Waals surface area contributed by atoms with Crippen LogP contribution in [-0.2, 0) is 27.6 Å². The maximum atomic E-state index is 13.6. The second kappa shape index (κ2) is 9.70. The lowest BCUT2D eigenvalue weighted by atomic mass is 10.0. The van der Waals surface area contributed by atoms with Gasteiger partial charge in [-0.05, 0) is 43.9 Å². The van der Waals surface area contributed by atoms with E-state index < -0.39 is 10.0 Å². The van der Waals surface area contributed by atoms with Crippen LogP contribution in [0.25, 0.3) is 0 Å². The Morgan fingerprint density at radius 2 is 2.06 bits per heavy atom. The molecule has 1 aliphatic heterocycles. The highest BCUT2D eigenvalue weighted by atomic mass is 32.2. The molecule has 1 aromatic heterocycles. The maximum Gasteiger partial charge on any atom is 0.264 e. The van der Waals surface area contributed by atoms with Gasteiger partial charge in [-0.3, -0.25) is 9.69 Å². The van der Waals surface area contributed by atoms with E-state index in [9.17, 15) is 13.2 Å². The number of aromatic nitrogens is 1. The number of nitrogens with zero attached hydrogens (tertiary/aromatic N) is 3.